The molecule has 0 aliphatic heterocycles. The average Bonchev–Trinajstić information content (AvgIpc) is 2.82. The zero-order valence-corrected chi connectivity index (χ0v) is 9.60. The Hall–Kier alpha value is -0.220. The van der Waals surface area contributed by atoms with Crippen LogP contribution in [0.2, 0.25) is 0 Å². The second-order valence-corrected chi connectivity index (χ2v) is 5.57. The minimum absolute atomic E-state index is 0.110. The molecule has 0 spiro atoms. The molecule has 0 aromatic rings. The number of hydrogen-bond donors (Lipinski definition) is 1. The summed E-state index contributed by atoms with van der Waals surface area (Å²) in [5.41, 5.74) is 0.110. The molecule has 82 valence electrons. The van der Waals surface area contributed by atoms with Crippen LogP contribution in [0.25, 0.3) is 0 Å². The standard InChI is InChI=1S/C10H18O3S/c1-8(6-13-2)14-7-10(3-4-10)5-9(11)12/h8H,3-7H2,1-2H3,(H,11,12). The Morgan fingerprint density at radius 1 is 1.64 bits per heavy atom. The van der Waals surface area contributed by atoms with Crippen LogP contribution in [0.4, 0.5) is 0 Å². The highest BCUT2D eigenvalue weighted by atomic mass is 32.2. The highest BCUT2D eigenvalue weighted by Gasteiger charge is 2.44. The summed E-state index contributed by atoms with van der Waals surface area (Å²) in [5.74, 6) is 0.298. The Labute approximate surface area is 89.2 Å². The molecule has 1 atom stereocenters. The van der Waals surface area contributed by atoms with Crippen molar-refractivity contribution < 1.29 is 14.6 Å². The maximum atomic E-state index is 10.6. The number of rotatable bonds is 7. The largest absolute Gasteiger partial charge is 0.481 e. The van der Waals surface area contributed by atoms with Crippen molar-refractivity contribution in [3.8, 4) is 0 Å². The third-order valence-corrected chi connectivity index (χ3v) is 4.04. The van der Waals surface area contributed by atoms with E-state index in [2.05, 4.69) is 6.92 Å². The number of carboxylic acid groups (broad SMARTS) is 1. The van der Waals surface area contributed by atoms with E-state index in [-0.39, 0.29) is 5.41 Å². The van der Waals surface area contributed by atoms with Gasteiger partial charge in [-0.05, 0) is 24.0 Å². The van der Waals surface area contributed by atoms with E-state index >= 15 is 0 Å². The Kier molecular flexibility index (Phi) is 4.26. The van der Waals surface area contributed by atoms with Gasteiger partial charge < -0.3 is 9.84 Å². The van der Waals surface area contributed by atoms with Crippen LogP contribution in [0.15, 0.2) is 0 Å². The van der Waals surface area contributed by atoms with Crippen LogP contribution >= 0.6 is 11.8 Å². The van der Waals surface area contributed by atoms with Gasteiger partial charge in [-0.3, -0.25) is 4.79 Å². The van der Waals surface area contributed by atoms with Crippen LogP contribution in [0.5, 0.6) is 0 Å². The molecular formula is C10H18O3S. The molecule has 0 heterocycles. The van der Waals surface area contributed by atoms with Crippen molar-refractivity contribution in [1.82, 2.24) is 0 Å². The predicted octanol–water partition coefficient (Wildman–Crippen LogP) is 2.01. The topological polar surface area (TPSA) is 46.5 Å². The van der Waals surface area contributed by atoms with E-state index < -0.39 is 5.97 Å². The lowest BCUT2D eigenvalue weighted by atomic mass is 10.1. The van der Waals surface area contributed by atoms with Gasteiger partial charge in [0, 0.05) is 12.4 Å². The van der Waals surface area contributed by atoms with Crippen molar-refractivity contribution in [2.45, 2.75) is 31.4 Å². The SMILES string of the molecule is COCC(C)SCC1(CC(=O)O)CC1. The van der Waals surface area contributed by atoms with Gasteiger partial charge in [-0.25, -0.2) is 0 Å². The van der Waals surface area contributed by atoms with Crippen LogP contribution in [-0.4, -0.2) is 35.8 Å². The average molecular weight is 218 g/mol. The lowest BCUT2D eigenvalue weighted by Crippen LogP contribution is -2.14. The first-order valence-corrected chi connectivity index (χ1v) is 5.95. The van der Waals surface area contributed by atoms with Crippen molar-refractivity contribution in [2.75, 3.05) is 19.5 Å². The number of aliphatic carboxylic acids is 1. The van der Waals surface area contributed by atoms with Gasteiger partial charge in [-0.15, -0.1) is 0 Å². The van der Waals surface area contributed by atoms with E-state index in [9.17, 15) is 4.79 Å². The number of carboxylic acids is 1. The molecule has 0 aromatic heterocycles. The molecule has 1 rings (SSSR count). The quantitative estimate of drug-likeness (QED) is 0.710. The Bertz CT molecular complexity index is 202. The molecule has 1 aliphatic carbocycles. The Morgan fingerprint density at radius 3 is 2.71 bits per heavy atom. The molecule has 1 N–H and O–H groups in total. The van der Waals surface area contributed by atoms with Crippen molar-refractivity contribution in [1.29, 1.82) is 0 Å². The third kappa shape index (κ3) is 3.88. The van der Waals surface area contributed by atoms with Gasteiger partial charge in [0.1, 0.15) is 0 Å². The molecule has 1 unspecified atom stereocenters. The molecular weight excluding hydrogens is 200 g/mol. The van der Waals surface area contributed by atoms with E-state index in [1.54, 1.807) is 7.11 Å². The van der Waals surface area contributed by atoms with E-state index in [4.69, 9.17) is 9.84 Å². The van der Waals surface area contributed by atoms with Gasteiger partial charge in [-0.2, -0.15) is 11.8 Å². The van der Waals surface area contributed by atoms with Gasteiger partial charge in [0.05, 0.1) is 13.0 Å². The molecule has 1 fully saturated rings. The fraction of sp³-hybridized carbons (Fsp3) is 0.900. The molecule has 1 saturated carbocycles. The normalized spacial score (nSPS) is 20.4. The van der Waals surface area contributed by atoms with Crippen LogP contribution < -0.4 is 0 Å². The van der Waals surface area contributed by atoms with Gasteiger partial charge in [-0.1, -0.05) is 6.92 Å². The minimum atomic E-state index is -0.664. The number of carbonyl (C=O) groups is 1. The molecule has 0 bridgehead atoms. The molecule has 4 heteroatoms. The number of hydrogen-bond acceptors (Lipinski definition) is 3. The van der Waals surface area contributed by atoms with E-state index in [0.717, 1.165) is 25.2 Å². The van der Waals surface area contributed by atoms with Crippen LogP contribution in [0.3, 0.4) is 0 Å². The first kappa shape index (κ1) is 11.9. The summed E-state index contributed by atoms with van der Waals surface area (Å²) in [7, 11) is 1.70. The van der Waals surface area contributed by atoms with Gasteiger partial charge in [0.25, 0.3) is 0 Å². The number of ether oxygens (including phenoxy) is 1. The third-order valence-electron chi connectivity index (χ3n) is 2.56. The highest BCUT2D eigenvalue weighted by Crippen LogP contribution is 2.51. The predicted molar refractivity (Wildman–Crippen MR) is 57.7 cm³/mol. The minimum Gasteiger partial charge on any atom is -0.481 e. The molecule has 14 heavy (non-hydrogen) atoms. The lowest BCUT2D eigenvalue weighted by molar-refractivity contribution is -0.138. The molecule has 0 saturated heterocycles. The maximum Gasteiger partial charge on any atom is 0.303 e. The van der Waals surface area contributed by atoms with Crippen LogP contribution in [0.1, 0.15) is 26.2 Å². The summed E-state index contributed by atoms with van der Waals surface area (Å²) in [4.78, 5) is 10.6. The van der Waals surface area contributed by atoms with Crippen molar-refractivity contribution in [2.24, 2.45) is 5.41 Å². The smallest absolute Gasteiger partial charge is 0.303 e. The first-order chi connectivity index (χ1) is 6.58. The summed E-state index contributed by atoms with van der Waals surface area (Å²) in [5, 5.41) is 9.19. The van der Waals surface area contributed by atoms with E-state index in [1.807, 2.05) is 11.8 Å². The summed E-state index contributed by atoms with van der Waals surface area (Å²) in [6.07, 6.45) is 2.48. The van der Waals surface area contributed by atoms with Crippen molar-refractivity contribution >= 4 is 17.7 Å². The van der Waals surface area contributed by atoms with E-state index in [0.29, 0.717) is 11.7 Å². The zero-order chi connectivity index (χ0) is 10.6. The highest BCUT2D eigenvalue weighted by molar-refractivity contribution is 7.99. The molecule has 3 nitrogen and oxygen atoms in total. The molecule has 0 radical (unpaired) electrons. The second-order valence-electron chi connectivity index (χ2n) is 4.15. The van der Waals surface area contributed by atoms with Crippen LogP contribution in [0, 0.1) is 5.41 Å². The first-order valence-electron chi connectivity index (χ1n) is 4.90. The van der Waals surface area contributed by atoms with Crippen LogP contribution in [-0.2, 0) is 9.53 Å². The summed E-state index contributed by atoms with van der Waals surface area (Å²) in [6.45, 7) is 2.86. The van der Waals surface area contributed by atoms with Gasteiger partial charge in [0.15, 0.2) is 0 Å². The summed E-state index contributed by atoms with van der Waals surface area (Å²) in [6, 6.07) is 0. The monoisotopic (exact) mass is 218 g/mol. The Balaban J connectivity index is 2.20. The number of thioether (sulfide) groups is 1. The molecule has 0 amide bonds. The van der Waals surface area contributed by atoms with Gasteiger partial charge in [0.2, 0.25) is 0 Å². The molecule has 0 aromatic carbocycles. The fourth-order valence-corrected chi connectivity index (χ4v) is 2.73. The zero-order valence-electron chi connectivity index (χ0n) is 8.78. The van der Waals surface area contributed by atoms with E-state index in [1.165, 1.54) is 0 Å². The summed E-state index contributed by atoms with van der Waals surface area (Å²) < 4.78 is 5.03. The number of methoxy groups -OCH3 is 1. The van der Waals surface area contributed by atoms with Gasteiger partial charge >= 0.3 is 5.97 Å². The Morgan fingerprint density at radius 2 is 2.29 bits per heavy atom. The fourth-order valence-electron chi connectivity index (χ4n) is 1.47. The summed E-state index contributed by atoms with van der Waals surface area (Å²) >= 11 is 1.82. The lowest BCUT2D eigenvalue weighted by Gasteiger charge is -2.15. The molecule has 1 aliphatic rings. The second kappa shape index (κ2) is 5.03. The van der Waals surface area contributed by atoms with Crippen molar-refractivity contribution in [3.63, 3.8) is 0 Å². The maximum absolute atomic E-state index is 10.6. The van der Waals surface area contributed by atoms with Crippen molar-refractivity contribution in [3.05, 3.63) is 0 Å².